The van der Waals surface area contributed by atoms with E-state index in [-0.39, 0.29) is 27.6 Å². The van der Waals surface area contributed by atoms with Gasteiger partial charge in [-0.2, -0.15) is 0 Å². The Hall–Kier alpha value is -0.970. The maximum Gasteiger partial charge on any atom is 0.254 e. The van der Waals surface area contributed by atoms with Crippen LogP contribution in [0.5, 0.6) is 0 Å². The van der Waals surface area contributed by atoms with Crippen molar-refractivity contribution in [2.24, 2.45) is 5.92 Å². The zero-order chi connectivity index (χ0) is 14.4. The van der Waals surface area contributed by atoms with Crippen molar-refractivity contribution in [1.29, 1.82) is 0 Å². The SMILES string of the molecule is CC(C)C1(O)CN(C(=O)c2cc(N)c(Cl)c(Cl)c2)C1. The summed E-state index contributed by atoms with van der Waals surface area (Å²) in [5.74, 6) is -0.0917. The number of hydrogen-bond donors (Lipinski definition) is 2. The lowest BCUT2D eigenvalue weighted by Gasteiger charge is -2.49. The molecule has 1 aliphatic heterocycles. The molecular formula is C13H16Cl2N2O2. The molecule has 1 aromatic rings. The highest BCUT2D eigenvalue weighted by atomic mass is 35.5. The average molecular weight is 303 g/mol. The predicted octanol–water partition coefficient (Wildman–Crippen LogP) is 2.42. The molecule has 6 heteroatoms. The van der Waals surface area contributed by atoms with E-state index in [0.717, 1.165) is 0 Å². The second kappa shape index (κ2) is 4.85. The van der Waals surface area contributed by atoms with Crippen LogP contribution in [-0.4, -0.2) is 34.6 Å². The minimum absolute atomic E-state index is 0.107. The molecule has 2 rings (SSSR count). The van der Waals surface area contributed by atoms with Gasteiger partial charge < -0.3 is 15.7 Å². The third kappa shape index (κ3) is 2.53. The quantitative estimate of drug-likeness (QED) is 0.825. The van der Waals surface area contributed by atoms with Gasteiger partial charge in [-0.15, -0.1) is 0 Å². The van der Waals surface area contributed by atoms with Crippen molar-refractivity contribution in [3.05, 3.63) is 27.7 Å². The van der Waals surface area contributed by atoms with Gasteiger partial charge >= 0.3 is 0 Å². The first-order valence-electron chi connectivity index (χ1n) is 6.01. The monoisotopic (exact) mass is 302 g/mol. The van der Waals surface area contributed by atoms with Gasteiger partial charge in [-0.3, -0.25) is 4.79 Å². The number of carbonyl (C=O) groups is 1. The highest BCUT2D eigenvalue weighted by molar-refractivity contribution is 6.43. The summed E-state index contributed by atoms with van der Waals surface area (Å²) in [5.41, 5.74) is 5.55. The number of hydrogen-bond acceptors (Lipinski definition) is 3. The highest BCUT2D eigenvalue weighted by Gasteiger charge is 2.45. The number of likely N-dealkylation sites (tertiary alicyclic amines) is 1. The molecule has 4 nitrogen and oxygen atoms in total. The number of anilines is 1. The molecule has 0 spiro atoms. The molecule has 1 aliphatic rings. The zero-order valence-corrected chi connectivity index (χ0v) is 12.3. The second-order valence-electron chi connectivity index (χ2n) is 5.28. The van der Waals surface area contributed by atoms with Gasteiger partial charge in [0.25, 0.3) is 5.91 Å². The lowest BCUT2D eigenvalue weighted by Crippen LogP contribution is -2.65. The molecule has 104 valence electrons. The minimum Gasteiger partial charge on any atom is -0.397 e. The number of nitrogens with two attached hydrogens (primary N) is 1. The Morgan fingerprint density at radius 3 is 2.47 bits per heavy atom. The Bertz CT molecular complexity index is 502. The van der Waals surface area contributed by atoms with Crippen molar-refractivity contribution < 1.29 is 9.90 Å². The summed E-state index contributed by atoms with van der Waals surface area (Å²) in [6.07, 6.45) is 0. The number of nitrogen functional groups attached to an aromatic ring is 1. The summed E-state index contributed by atoms with van der Waals surface area (Å²) >= 11 is 11.8. The summed E-state index contributed by atoms with van der Waals surface area (Å²) in [7, 11) is 0. The Labute approximate surface area is 122 Å². The molecule has 0 aromatic heterocycles. The number of benzene rings is 1. The van der Waals surface area contributed by atoms with Crippen LogP contribution in [0.2, 0.25) is 10.0 Å². The fourth-order valence-corrected chi connectivity index (χ4v) is 2.38. The molecule has 1 amide bonds. The summed E-state index contributed by atoms with van der Waals surface area (Å²) in [6.45, 7) is 4.51. The average Bonchev–Trinajstić information content (AvgIpc) is 2.30. The zero-order valence-electron chi connectivity index (χ0n) is 10.8. The summed E-state index contributed by atoms with van der Waals surface area (Å²) in [6, 6.07) is 3.00. The van der Waals surface area contributed by atoms with Crippen molar-refractivity contribution in [2.75, 3.05) is 18.8 Å². The fourth-order valence-electron chi connectivity index (χ4n) is 2.04. The summed E-state index contributed by atoms with van der Waals surface area (Å²) in [4.78, 5) is 13.8. The standard InChI is InChI=1S/C13H16Cl2N2O2/c1-7(2)13(19)5-17(6-13)12(18)8-3-9(14)11(15)10(16)4-8/h3-4,7,19H,5-6,16H2,1-2H3. The number of amides is 1. The molecule has 1 fully saturated rings. The van der Waals surface area contributed by atoms with Gasteiger partial charge in [0.15, 0.2) is 0 Å². The Morgan fingerprint density at radius 1 is 1.42 bits per heavy atom. The smallest absolute Gasteiger partial charge is 0.254 e. The molecule has 0 radical (unpaired) electrons. The topological polar surface area (TPSA) is 66.6 Å². The van der Waals surface area contributed by atoms with Crippen LogP contribution in [-0.2, 0) is 0 Å². The minimum atomic E-state index is -0.794. The van der Waals surface area contributed by atoms with E-state index in [1.54, 1.807) is 4.90 Å². The molecule has 0 atom stereocenters. The van der Waals surface area contributed by atoms with Crippen molar-refractivity contribution in [3.8, 4) is 0 Å². The molecule has 0 unspecified atom stereocenters. The van der Waals surface area contributed by atoms with Crippen LogP contribution >= 0.6 is 23.2 Å². The van der Waals surface area contributed by atoms with Gasteiger partial charge in [-0.05, 0) is 18.1 Å². The molecule has 1 heterocycles. The first-order valence-corrected chi connectivity index (χ1v) is 6.76. The number of β-amino-alcohol motifs (C(OH)–C–C–N with tert-alkyl or cyclic N) is 1. The molecule has 1 aromatic carbocycles. The Balaban J connectivity index is 2.15. The van der Waals surface area contributed by atoms with Gasteiger partial charge in [0, 0.05) is 5.56 Å². The molecule has 0 bridgehead atoms. The van der Waals surface area contributed by atoms with Crippen LogP contribution in [0.15, 0.2) is 12.1 Å². The molecule has 1 saturated heterocycles. The van der Waals surface area contributed by atoms with E-state index >= 15 is 0 Å². The van der Waals surface area contributed by atoms with Crippen LogP contribution in [0.3, 0.4) is 0 Å². The Kier molecular flexibility index (Phi) is 3.69. The number of rotatable bonds is 2. The normalized spacial score (nSPS) is 17.5. The van der Waals surface area contributed by atoms with Crippen molar-refractivity contribution in [1.82, 2.24) is 4.90 Å². The Morgan fingerprint density at radius 2 is 2.00 bits per heavy atom. The molecule has 0 aliphatic carbocycles. The van der Waals surface area contributed by atoms with Crippen LogP contribution in [0.4, 0.5) is 5.69 Å². The summed E-state index contributed by atoms with van der Waals surface area (Å²) < 4.78 is 0. The first kappa shape index (κ1) is 14.4. The van der Waals surface area contributed by atoms with E-state index in [1.807, 2.05) is 13.8 Å². The maximum absolute atomic E-state index is 12.2. The van der Waals surface area contributed by atoms with Gasteiger partial charge in [0.2, 0.25) is 0 Å². The van der Waals surface area contributed by atoms with Crippen LogP contribution in [0.25, 0.3) is 0 Å². The van der Waals surface area contributed by atoms with Crippen LogP contribution in [0.1, 0.15) is 24.2 Å². The lowest BCUT2D eigenvalue weighted by molar-refractivity contribution is -0.110. The fraction of sp³-hybridized carbons (Fsp3) is 0.462. The van der Waals surface area contributed by atoms with Gasteiger partial charge in [-0.1, -0.05) is 37.0 Å². The van der Waals surface area contributed by atoms with E-state index in [0.29, 0.717) is 18.7 Å². The van der Waals surface area contributed by atoms with Crippen molar-refractivity contribution >= 4 is 34.8 Å². The predicted molar refractivity (Wildman–Crippen MR) is 76.6 cm³/mol. The third-order valence-corrected chi connectivity index (χ3v) is 4.41. The van der Waals surface area contributed by atoms with Gasteiger partial charge in [0.1, 0.15) is 5.60 Å². The van der Waals surface area contributed by atoms with Crippen molar-refractivity contribution in [2.45, 2.75) is 19.4 Å². The second-order valence-corrected chi connectivity index (χ2v) is 6.07. The van der Waals surface area contributed by atoms with Crippen LogP contribution < -0.4 is 5.73 Å². The van der Waals surface area contributed by atoms with E-state index in [2.05, 4.69) is 0 Å². The van der Waals surface area contributed by atoms with E-state index in [4.69, 9.17) is 28.9 Å². The summed E-state index contributed by atoms with van der Waals surface area (Å²) in [5, 5.41) is 10.6. The highest BCUT2D eigenvalue weighted by Crippen LogP contribution is 2.33. The van der Waals surface area contributed by atoms with Gasteiger partial charge in [-0.25, -0.2) is 0 Å². The molecule has 3 N–H and O–H groups in total. The number of halogens is 2. The van der Waals surface area contributed by atoms with Crippen LogP contribution in [0, 0.1) is 5.92 Å². The maximum atomic E-state index is 12.2. The number of nitrogens with zero attached hydrogens (tertiary/aromatic N) is 1. The molecular weight excluding hydrogens is 287 g/mol. The first-order chi connectivity index (χ1) is 8.74. The number of carbonyl (C=O) groups excluding carboxylic acids is 1. The van der Waals surface area contributed by atoms with Crippen molar-refractivity contribution in [3.63, 3.8) is 0 Å². The largest absolute Gasteiger partial charge is 0.397 e. The van der Waals surface area contributed by atoms with Gasteiger partial charge in [0.05, 0.1) is 28.8 Å². The molecule has 19 heavy (non-hydrogen) atoms. The number of aliphatic hydroxyl groups is 1. The van der Waals surface area contributed by atoms with E-state index in [1.165, 1.54) is 12.1 Å². The van der Waals surface area contributed by atoms with E-state index < -0.39 is 5.60 Å². The lowest BCUT2D eigenvalue weighted by atomic mass is 9.82. The van der Waals surface area contributed by atoms with E-state index in [9.17, 15) is 9.90 Å². The third-order valence-electron chi connectivity index (χ3n) is 3.59. The molecule has 0 saturated carbocycles.